The van der Waals surface area contributed by atoms with Crippen molar-refractivity contribution in [2.75, 3.05) is 5.32 Å². The van der Waals surface area contributed by atoms with Gasteiger partial charge in [-0.3, -0.25) is 4.79 Å². The van der Waals surface area contributed by atoms with Crippen molar-refractivity contribution in [2.24, 2.45) is 0 Å². The van der Waals surface area contributed by atoms with E-state index >= 15 is 0 Å². The lowest BCUT2D eigenvalue weighted by Gasteiger charge is -2.10. The van der Waals surface area contributed by atoms with Gasteiger partial charge in [0.15, 0.2) is 10.9 Å². The summed E-state index contributed by atoms with van der Waals surface area (Å²) in [5.41, 5.74) is 1.78. The number of anilines is 1. The van der Waals surface area contributed by atoms with Gasteiger partial charge in [0.05, 0.1) is 21.3 Å². The van der Waals surface area contributed by atoms with E-state index in [4.69, 9.17) is 16.1 Å². The summed E-state index contributed by atoms with van der Waals surface area (Å²) in [5, 5.41) is 8.39. The maximum Gasteiger partial charge on any atom is 0.238 e. The molecule has 4 aromatic rings. The average Bonchev–Trinajstić information content (AvgIpc) is 3.15. The lowest BCUT2D eigenvalue weighted by molar-refractivity contribution is -0.118. The summed E-state index contributed by atoms with van der Waals surface area (Å²) in [7, 11) is 0. The van der Waals surface area contributed by atoms with Crippen molar-refractivity contribution in [3.63, 3.8) is 0 Å². The normalized spacial score (nSPS) is 15.0. The van der Waals surface area contributed by atoms with Crippen LogP contribution < -0.4 is 5.32 Å². The first-order chi connectivity index (χ1) is 13.1. The van der Waals surface area contributed by atoms with E-state index in [1.54, 1.807) is 12.1 Å². The predicted octanol–water partition coefficient (Wildman–Crippen LogP) is 5.28. The summed E-state index contributed by atoms with van der Waals surface area (Å²) < 4.78 is 6.52. The van der Waals surface area contributed by atoms with E-state index in [0.29, 0.717) is 21.6 Å². The second-order valence-corrected chi connectivity index (χ2v) is 8.07. The molecule has 0 bridgehead atoms. The quantitative estimate of drug-likeness (QED) is 0.510. The third-order valence-corrected chi connectivity index (χ3v) is 6.03. The van der Waals surface area contributed by atoms with Crippen molar-refractivity contribution >= 4 is 44.2 Å². The van der Waals surface area contributed by atoms with Crippen LogP contribution >= 0.6 is 22.9 Å². The van der Waals surface area contributed by atoms with Crippen molar-refractivity contribution in [1.82, 2.24) is 10.1 Å². The number of fused-ring (bicyclic) bond motifs is 1. The zero-order chi connectivity index (χ0) is 18.4. The molecular formula is C20H14ClN3O2S. The molecule has 1 N–H and O–H groups in total. The Kier molecular flexibility index (Phi) is 3.77. The molecule has 1 fully saturated rings. The Labute approximate surface area is 164 Å². The van der Waals surface area contributed by atoms with Crippen LogP contribution in [0.4, 0.5) is 5.13 Å². The molecule has 5 rings (SSSR count). The van der Waals surface area contributed by atoms with Gasteiger partial charge in [0.25, 0.3) is 0 Å². The number of halogens is 1. The van der Waals surface area contributed by atoms with Crippen LogP contribution in [0, 0.1) is 0 Å². The van der Waals surface area contributed by atoms with Crippen molar-refractivity contribution in [1.29, 1.82) is 0 Å². The van der Waals surface area contributed by atoms with Gasteiger partial charge in [-0.2, -0.15) is 0 Å². The van der Waals surface area contributed by atoms with Crippen molar-refractivity contribution in [3.8, 4) is 11.3 Å². The number of thiazole rings is 1. The number of benzene rings is 2. The topological polar surface area (TPSA) is 68.0 Å². The molecule has 1 aliphatic carbocycles. The van der Waals surface area contributed by atoms with E-state index in [2.05, 4.69) is 15.5 Å². The third kappa shape index (κ3) is 2.91. The molecule has 0 unspecified atom stereocenters. The molecule has 134 valence electrons. The number of hydrogen-bond donors (Lipinski definition) is 1. The highest BCUT2D eigenvalue weighted by Crippen LogP contribution is 2.49. The number of amides is 1. The molecular weight excluding hydrogens is 382 g/mol. The minimum absolute atomic E-state index is 0.0856. The molecule has 2 aromatic carbocycles. The summed E-state index contributed by atoms with van der Waals surface area (Å²) in [6.07, 6.45) is 1.49. The Hall–Kier alpha value is -2.70. The molecule has 27 heavy (non-hydrogen) atoms. The minimum atomic E-state index is -0.633. The second kappa shape index (κ2) is 6.18. The van der Waals surface area contributed by atoms with E-state index in [1.807, 2.05) is 42.5 Å². The molecule has 0 aliphatic heterocycles. The Morgan fingerprint density at radius 2 is 1.93 bits per heavy atom. The van der Waals surface area contributed by atoms with Crippen LogP contribution in [0.15, 0.2) is 59.1 Å². The van der Waals surface area contributed by atoms with Gasteiger partial charge in [-0.25, -0.2) is 4.98 Å². The number of rotatable bonds is 4. The smallest absolute Gasteiger partial charge is 0.238 e. The fourth-order valence-corrected chi connectivity index (χ4v) is 4.10. The lowest BCUT2D eigenvalue weighted by atomic mass is 10.0. The highest BCUT2D eigenvalue weighted by atomic mass is 35.5. The summed E-state index contributed by atoms with van der Waals surface area (Å²) in [5.74, 6) is 0.540. The first kappa shape index (κ1) is 16.5. The van der Waals surface area contributed by atoms with Gasteiger partial charge in [-0.15, -0.1) is 0 Å². The molecule has 1 aliphatic rings. The molecule has 7 heteroatoms. The number of carbonyl (C=O) groups is 1. The molecule has 1 amide bonds. The molecule has 5 nitrogen and oxygen atoms in total. The highest BCUT2D eigenvalue weighted by Gasteiger charge is 2.54. The average molecular weight is 396 g/mol. The predicted molar refractivity (Wildman–Crippen MR) is 106 cm³/mol. The largest absolute Gasteiger partial charge is 0.356 e. The van der Waals surface area contributed by atoms with E-state index in [1.165, 1.54) is 11.3 Å². The number of hydrogen-bond acceptors (Lipinski definition) is 5. The van der Waals surface area contributed by atoms with Crippen LogP contribution in [-0.4, -0.2) is 16.0 Å². The van der Waals surface area contributed by atoms with Gasteiger partial charge >= 0.3 is 0 Å². The van der Waals surface area contributed by atoms with Crippen molar-refractivity contribution in [2.45, 2.75) is 18.3 Å². The van der Waals surface area contributed by atoms with Gasteiger partial charge in [-0.05, 0) is 49.2 Å². The minimum Gasteiger partial charge on any atom is -0.356 e. The van der Waals surface area contributed by atoms with Crippen LogP contribution in [-0.2, 0) is 10.2 Å². The Bertz CT molecular complexity index is 1110. The van der Waals surface area contributed by atoms with Gasteiger partial charge in [0.1, 0.15) is 0 Å². The van der Waals surface area contributed by atoms with Crippen LogP contribution in [0.5, 0.6) is 0 Å². The first-order valence-electron chi connectivity index (χ1n) is 8.54. The zero-order valence-corrected chi connectivity index (χ0v) is 15.7. The van der Waals surface area contributed by atoms with Crippen LogP contribution in [0.3, 0.4) is 0 Å². The summed E-state index contributed by atoms with van der Waals surface area (Å²) >= 11 is 7.40. The summed E-state index contributed by atoms with van der Waals surface area (Å²) in [4.78, 5) is 17.4. The maximum atomic E-state index is 12.9. The summed E-state index contributed by atoms with van der Waals surface area (Å²) in [6, 6.07) is 17.0. The Morgan fingerprint density at radius 1 is 1.15 bits per heavy atom. The lowest BCUT2D eigenvalue weighted by Crippen LogP contribution is -2.28. The number of nitrogens with one attached hydrogen (secondary N) is 1. The molecule has 0 radical (unpaired) electrons. The molecule has 0 atom stereocenters. The first-order valence-corrected chi connectivity index (χ1v) is 9.74. The number of nitrogens with zero attached hydrogens (tertiary/aromatic N) is 2. The number of para-hydroxylation sites is 1. The van der Waals surface area contributed by atoms with Gasteiger partial charge in [0, 0.05) is 16.7 Å². The Morgan fingerprint density at radius 3 is 2.67 bits per heavy atom. The molecule has 2 heterocycles. The fourth-order valence-electron chi connectivity index (χ4n) is 3.12. The van der Waals surface area contributed by atoms with Crippen molar-refractivity contribution < 1.29 is 9.32 Å². The number of carbonyl (C=O) groups excluding carboxylic acids is 1. The zero-order valence-electron chi connectivity index (χ0n) is 14.1. The molecule has 2 aromatic heterocycles. The Balaban J connectivity index is 1.39. The monoisotopic (exact) mass is 395 g/mol. The fraction of sp³-hybridized carbons (Fsp3) is 0.150. The van der Waals surface area contributed by atoms with Gasteiger partial charge in [0.2, 0.25) is 5.91 Å². The maximum absolute atomic E-state index is 12.9. The van der Waals surface area contributed by atoms with Crippen molar-refractivity contribution in [3.05, 3.63) is 65.3 Å². The van der Waals surface area contributed by atoms with E-state index in [-0.39, 0.29) is 5.91 Å². The molecule has 0 spiro atoms. The third-order valence-electron chi connectivity index (χ3n) is 4.83. The SMILES string of the molecule is O=C(Nc1nc2ccccc2s1)C1(c2cc(-c3ccc(Cl)cc3)on2)CC1. The molecule has 1 saturated carbocycles. The van der Waals surface area contributed by atoms with Crippen LogP contribution in [0.1, 0.15) is 18.5 Å². The van der Waals surface area contributed by atoms with Crippen LogP contribution in [0.2, 0.25) is 5.02 Å². The van der Waals surface area contributed by atoms with E-state index in [9.17, 15) is 4.79 Å². The molecule has 0 saturated heterocycles. The van der Waals surface area contributed by atoms with Gasteiger partial charge < -0.3 is 9.84 Å². The van der Waals surface area contributed by atoms with Gasteiger partial charge in [-0.1, -0.05) is 40.2 Å². The standard InChI is InChI=1S/C20H14ClN3O2S/c21-13-7-5-12(6-8-13)15-11-17(24-26-15)20(9-10-20)18(25)23-19-22-14-3-1-2-4-16(14)27-19/h1-8,11H,9-10H2,(H,22,23,25). The second-order valence-electron chi connectivity index (χ2n) is 6.61. The summed E-state index contributed by atoms with van der Waals surface area (Å²) in [6.45, 7) is 0. The highest BCUT2D eigenvalue weighted by molar-refractivity contribution is 7.22. The van der Waals surface area contributed by atoms with E-state index < -0.39 is 5.41 Å². The number of aromatic nitrogens is 2. The van der Waals surface area contributed by atoms with Crippen LogP contribution in [0.25, 0.3) is 21.5 Å². The van der Waals surface area contributed by atoms with E-state index in [0.717, 1.165) is 28.6 Å².